The summed E-state index contributed by atoms with van der Waals surface area (Å²) in [5, 5.41) is 4.10. The van der Waals surface area contributed by atoms with Crippen LogP contribution >= 0.6 is 23.2 Å². The van der Waals surface area contributed by atoms with Crippen LogP contribution in [0.25, 0.3) is 0 Å². The molecule has 0 aliphatic carbocycles. The number of benzene rings is 2. The average Bonchev–Trinajstić information content (AvgIpc) is 2.55. The minimum Gasteiger partial charge on any atom is -0.435 e. The smallest absolute Gasteiger partial charge is 0.342 e. The van der Waals surface area contributed by atoms with E-state index in [-0.39, 0.29) is 17.8 Å². The van der Waals surface area contributed by atoms with Crippen molar-refractivity contribution in [3.63, 3.8) is 0 Å². The van der Waals surface area contributed by atoms with Gasteiger partial charge in [0.05, 0.1) is 27.0 Å². The zero-order valence-electron chi connectivity index (χ0n) is 13.4. The Labute approximate surface area is 156 Å². The summed E-state index contributed by atoms with van der Waals surface area (Å²) < 4.78 is 10.1. The van der Waals surface area contributed by atoms with Crippen LogP contribution in [0.15, 0.2) is 36.4 Å². The van der Waals surface area contributed by atoms with Crippen LogP contribution in [-0.2, 0) is 9.47 Å². The molecule has 0 amide bonds. The van der Waals surface area contributed by atoms with Gasteiger partial charge in [-0.05, 0) is 37.6 Å². The van der Waals surface area contributed by atoms with Crippen molar-refractivity contribution in [3.8, 4) is 0 Å². The minimum absolute atomic E-state index is 0. The molecule has 4 radical (unpaired) electrons. The number of ether oxygens (including phenoxy) is 2. The Bertz CT molecular complexity index is 710. The highest BCUT2D eigenvalue weighted by Gasteiger charge is 2.15. The summed E-state index contributed by atoms with van der Waals surface area (Å²) in [6.45, 7) is 4.09. The lowest BCUT2D eigenvalue weighted by Gasteiger charge is -2.15. The predicted molar refractivity (Wildman–Crippen MR) is 98.6 cm³/mol. The van der Waals surface area contributed by atoms with Gasteiger partial charge in [0.15, 0.2) is 6.79 Å². The van der Waals surface area contributed by atoms with Crippen molar-refractivity contribution in [2.24, 2.45) is 0 Å². The topological polar surface area (TPSA) is 47.6 Å². The van der Waals surface area contributed by atoms with E-state index in [0.717, 1.165) is 5.56 Å². The Hall–Kier alpha value is -1.53. The van der Waals surface area contributed by atoms with Crippen molar-refractivity contribution in [3.05, 3.63) is 57.6 Å². The van der Waals surface area contributed by atoms with Gasteiger partial charge in [-0.1, -0.05) is 41.4 Å². The molecule has 0 aliphatic heterocycles. The van der Waals surface area contributed by atoms with Gasteiger partial charge in [0.25, 0.3) is 0 Å². The number of rotatable bonds is 6. The zero-order chi connectivity index (χ0) is 16.8. The van der Waals surface area contributed by atoms with Crippen molar-refractivity contribution >= 4 is 51.5 Å². The molecule has 0 saturated carbocycles. The summed E-state index contributed by atoms with van der Waals surface area (Å²) in [7, 11) is 0. The number of anilines is 2. The van der Waals surface area contributed by atoms with Gasteiger partial charge in [0.1, 0.15) is 0 Å². The van der Waals surface area contributed by atoms with Crippen LogP contribution in [0.1, 0.15) is 22.8 Å². The van der Waals surface area contributed by atoms with Crippen LogP contribution in [0.3, 0.4) is 0 Å². The number of nitrogens with one attached hydrogen (secondary N) is 1. The van der Waals surface area contributed by atoms with E-state index in [1.807, 2.05) is 19.9 Å². The van der Waals surface area contributed by atoms with E-state index in [0.29, 0.717) is 33.6 Å². The largest absolute Gasteiger partial charge is 0.435 e. The molecule has 0 aliphatic rings. The Morgan fingerprint density at radius 3 is 2.58 bits per heavy atom. The third-order valence-electron chi connectivity index (χ3n) is 3.17. The highest BCUT2D eigenvalue weighted by Crippen LogP contribution is 2.36. The molecule has 1 N–H and O–H groups in total. The molecule has 0 heterocycles. The van der Waals surface area contributed by atoms with Gasteiger partial charge in [0.2, 0.25) is 0 Å². The third kappa shape index (κ3) is 4.98. The predicted octanol–water partition coefficient (Wildman–Crippen LogP) is 4.82. The number of carbonyl (C=O) groups is 1. The summed E-state index contributed by atoms with van der Waals surface area (Å²) in [4.78, 5) is 12.2. The van der Waals surface area contributed by atoms with Crippen molar-refractivity contribution < 1.29 is 14.3 Å². The van der Waals surface area contributed by atoms with Crippen molar-refractivity contribution in [2.75, 3.05) is 18.7 Å². The number of para-hydroxylation sites is 1. The lowest BCUT2D eigenvalue weighted by Crippen LogP contribution is -2.11. The second kappa shape index (κ2) is 9.69. The summed E-state index contributed by atoms with van der Waals surface area (Å²) in [6, 6.07) is 10.6. The van der Waals surface area contributed by atoms with Crippen molar-refractivity contribution in [1.82, 2.24) is 0 Å². The van der Waals surface area contributed by atoms with E-state index in [2.05, 4.69) is 5.32 Å². The summed E-state index contributed by atoms with van der Waals surface area (Å²) in [5.41, 5.74) is 2.37. The Morgan fingerprint density at radius 2 is 1.88 bits per heavy atom. The molecule has 0 spiro atoms. The number of carbonyl (C=O) groups excluding carboxylic acids is 1. The average molecular weight is 382 g/mol. The monoisotopic (exact) mass is 381 g/mol. The quantitative estimate of drug-likeness (QED) is 0.337. The van der Waals surface area contributed by atoms with Gasteiger partial charge in [0, 0.05) is 17.6 Å². The van der Waals surface area contributed by atoms with Gasteiger partial charge < -0.3 is 14.8 Å². The summed E-state index contributed by atoms with van der Waals surface area (Å²) >= 11 is 12.5. The minimum atomic E-state index is -0.485. The van der Waals surface area contributed by atoms with Crippen molar-refractivity contribution in [1.29, 1.82) is 0 Å². The molecule has 0 fully saturated rings. The van der Waals surface area contributed by atoms with E-state index in [1.165, 1.54) is 0 Å². The molecule has 24 heavy (non-hydrogen) atoms. The maximum Gasteiger partial charge on any atom is 0.342 e. The number of hydrogen-bond acceptors (Lipinski definition) is 4. The van der Waals surface area contributed by atoms with Gasteiger partial charge >= 0.3 is 5.97 Å². The first-order valence-electron chi connectivity index (χ1n) is 7.10. The van der Waals surface area contributed by atoms with Crippen LogP contribution in [0, 0.1) is 6.92 Å². The SMILES string of the molecule is CCOCOC(=O)c1ccccc1Nc1c(Cl)ccc(C)c1Cl.[Si]. The van der Waals surface area contributed by atoms with Crippen LogP contribution < -0.4 is 5.32 Å². The molecule has 2 aromatic carbocycles. The first kappa shape index (κ1) is 20.5. The van der Waals surface area contributed by atoms with E-state index >= 15 is 0 Å². The molecule has 0 bridgehead atoms. The normalized spacial score (nSPS) is 10.0. The molecule has 7 heteroatoms. The fraction of sp³-hybridized carbons (Fsp3) is 0.235. The number of esters is 1. The first-order chi connectivity index (χ1) is 11.0. The van der Waals surface area contributed by atoms with E-state index in [9.17, 15) is 4.79 Å². The van der Waals surface area contributed by atoms with Gasteiger partial charge in [-0.25, -0.2) is 4.79 Å². The second-order valence-electron chi connectivity index (χ2n) is 4.77. The standard InChI is InChI=1S/C17H17Cl2NO3.Si/c1-3-22-10-23-17(21)12-6-4-5-7-14(12)20-16-13(18)9-8-11(2)15(16)19;/h4-9,20H,3,10H2,1-2H3;. The maximum atomic E-state index is 12.2. The highest BCUT2D eigenvalue weighted by molar-refractivity contribution is 6.39. The van der Waals surface area contributed by atoms with Gasteiger partial charge in [-0.2, -0.15) is 0 Å². The van der Waals surface area contributed by atoms with E-state index in [4.69, 9.17) is 32.7 Å². The molecular weight excluding hydrogens is 365 g/mol. The molecule has 0 unspecified atom stereocenters. The zero-order valence-corrected chi connectivity index (χ0v) is 15.9. The lowest BCUT2D eigenvalue weighted by atomic mass is 10.1. The van der Waals surface area contributed by atoms with Gasteiger partial charge in [-0.3, -0.25) is 0 Å². The van der Waals surface area contributed by atoms with Crippen molar-refractivity contribution in [2.45, 2.75) is 13.8 Å². The van der Waals surface area contributed by atoms with E-state index in [1.54, 1.807) is 30.3 Å². The van der Waals surface area contributed by atoms with Crippen LogP contribution in [-0.4, -0.2) is 30.3 Å². The first-order valence-corrected chi connectivity index (χ1v) is 7.85. The van der Waals surface area contributed by atoms with Crippen LogP contribution in [0.5, 0.6) is 0 Å². The third-order valence-corrected chi connectivity index (χ3v) is 3.97. The Morgan fingerprint density at radius 1 is 1.17 bits per heavy atom. The fourth-order valence-corrected chi connectivity index (χ4v) is 2.40. The van der Waals surface area contributed by atoms with E-state index < -0.39 is 5.97 Å². The molecule has 0 atom stereocenters. The summed E-state index contributed by atoms with van der Waals surface area (Å²) in [5.74, 6) is -0.485. The number of aryl methyl sites for hydroxylation is 1. The molecule has 2 rings (SSSR count). The number of hydrogen-bond donors (Lipinski definition) is 1. The van der Waals surface area contributed by atoms with Crippen LogP contribution in [0.2, 0.25) is 10.0 Å². The lowest BCUT2D eigenvalue weighted by molar-refractivity contribution is -0.0273. The molecule has 0 aromatic heterocycles. The molecule has 4 nitrogen and oxygen atoms in total. The second-order valence-corrected chi connectivity index (χ2v) is 5.55. The van der Waals surface area contributed by atoms with Gasteiger partial charge in [-0.15, -0.1) is 0 Å². The molecule has 2 aromatic rings. The summed E-state index contributed by atoms with van der Waals surface area (Å²) in [6.07, 6.45) is 0. The fourth-order valence-electron chi connectivity index (χ4n) is 1.93. The molecule has 126 valence electrons. The highest BCUT2D eigenvalue weighted by atomic mass is 35.5. The number of halogens is 2. The van der Waals surface area contributed by atoms with Crippen LogP contribution in [0.4, 0.5) is 11.4 Å². The maximum absolute atomic E-state index is 12.2. The molecule has 0 saturated heterocycles. The Balaban J connectivity index is 0.00000288. The molecular formula is C17H17Cl2NO3Si. The Kier molecular flexibility index (Phi) is 8.28.